The molecule has 0 spiro atoms. The molecule has 3 amide bonds. The van der Waals surface area contributed by atoms with Gasteiger partial charge in [-0.3, -0.25) is 14.4 Å². The number of piperidine rings is 1. The summed E-state index contributed by atoms with van der Waals surface area (Å²) in [5.74, 6) is -1.11. The zero-order chi connectivity index (χ0) is 28.9. The number of nitrogens with one attached hydrogen (secondary N) is 1. The Morgan fingerprint density at radius 3 is 2.76 bits per heavy atom. The first-order chi connectivity index (χ1) is 18.9. The highest BCUT2D eigenvalue weighted by Gasteiger charge is 2.39. The first-order valence-corrected chi connectivity index (χ1v) is 11.0. The Kier molecular flexibility index (Phi) is 4.39. The first-order valence-electron chi connectivity index (χ1n) is 14.0. The highest BCUT2D eigenvalue weighted by atomic mass is 16.5. The summed E-state index contributed by atoms with van der Waals surface area (Å²) in [6, 6.07) is 1.56. The molecule has 3 aliphatic rings. The number of nitrogens with zero attached hydrogens (tertiary/aromatic N) is 2. The highest BCUT2D eigenvalue weighted by Crippen LogP contribution is 2.34. The number of benzene rings is 2. The fourth-order valence-electron chi connectivity index (χ4n) is 4.22. The summed E-state index contributed by atoms with van der Waals surface area (Å²) in [6.07, 6.45) is 0.911. The Balaban J connectivity index is 1.44. The predicted molar refractivity (Wildman–Crippen MR) is 124 cm³/mol. The molecule has 8 heteroatoms. The molecule has 3 heterocycles. The van der Waals surface area contributed by atoms with Crippen molar-refractivity contribution in [2.75, 3.05) is 19.8 Å². The molecule has 2 aromatic carbocycles. The van der Waals surface area contributed by atoms with E-state index >= 15 is 0 Å². The summed E-state index contributed by atoms with van der Waals surface area (Å²) < 4.78 is 62.0. The molecule has 3 aliphatic heterocycles. The van der Waals surface area contributed by atoms with Crippen LogP contribution in [0.25, 0.3) is 0 Å². The molecule has 0 radical (unpaired) electrons. The first kappa shape index (κ1) is 16.1. The van der Waals surface area contributed by atoms with Crippen molar-refractivity contribution in [3.8, 4) is 5.75 Å². The minimum Gasteiger partial charge on any atom is -0.489 e. The molecule has 1 atom stereocenters. The van der Waals surface area contributed by atoms with Crippen LogP contribution in [-0.2, 0) is 34.0 Å². The number of amides is 3. The molecule has 2 fully saturated rings. The van der Waals surface area contributed by atoms with E-state index in [1.54, 1.807) is 6.07 Å². The second-order valence-electron chi connectivity index (χ2n) is 8.29. The standard InChI is InChI=1S/C26H27N3O5/c1-17-5-10-22(25(31)27-17)29-14-21-20(26(29)32)3-2-4-23(21)34-15-19-8-6-18(7-9-19)13-28-11-12-33-16-24(28)30/h2-4,6-9,22H,1,5,10-16H2,(H,27,31)/i6D,7D,8D,9D,15D2. The molecule has 2 saturated heterocycles. The molecule has 0 saturated carbocycles. The van der Waals surface area contributed by atoms with Crippen molar-refractivity contribution in [2.45, 2.75) is 38.5 Å². The van der Waals surface area contributed by atoms with E-state index in [0.717, 1.165) is 0 Å². The summed E-state index contributed by atoms with van der Waals surface area (Å²) in [6.45, 7) is 1.13. The van der Waals surface area contributed by atoms with E-state index < -0.39 is 48.2 Å². The van der Waals surface area contributed by atoms with Gasteiger partial charge in [-0.05, 0) is 36.1 Å². The van der Waals surface area contributed by atoms with Gasteiger partial charge < -0.3 is 24.6 Å². The number of ether oxygens (including phenoxy) is 2. The zero-order valence-corrected chi connectivity index (χ0v) is 18.4. The zero-order valence-electron chi connectivity index (χ0n) is 24.4. The molecule has 34 heavy (non-hydrogen) atoms. The summed E-state index contributed by atoms with van der Waals surface area (Å²) in [7, 11) is 0. The van der Waals surface area contributed by atoms with Crippen molar-refractivity contribution in [3.63, 3.8) is 0 Å². The van der Waals surface area contributed by atoms with Crippen molar-refractivity contribution < 1.29 is 32.1 Å². The Bertz CT molecular complexity index is 1420. The molecule has 0 bridgehead atoms. The van der Waals surface area contributed by atoms with Gasteiger partial charge in [0.15, 0.2) is 0 Å². The van der Waals surface area contributed by atoms with Crippen LogP contribution in [0.1, 0.15) is 48.1 Å². The molecule has 8 nitrogen and oxygen atoms in total. The maximum atomic E-state index is 13.2. The van der Waals surface area contributed by atoms with Gasteiger partial charge in [0.2, 0.25) is 11.8 Å². The van der Waals surface area contributed by atoms with E-state index in [9.17, 15) is 14.4 Å². The number of morpholine rings is 1. The third-order valence-electron chi connectivity index (χ3n) is 6.02. The Morgan fingerprint density at radius 2 is 2.00 bits per heavy atom. The fraction of sp³-hybridized carbons (Fsp3) is 0.346. The van der Waals surface area contributed by atoms with Crippen LogP contribution < -0.4 is 10.1 Å². The van der Waals surface area contributed by atoms with E-state index in [0.29, 0.717) is 24.1 Å². The molecule has 176 valence electrons. The normalized spacial score (nSPS) is 23.4. The van der Waals surface area contributed by atoms with Gasteiger partial charge in [0.05, 0.1) is 21.4 Å². The minimum absolute atomic E-state index is 0.00759. The number of carbonyl (C=O) groups is 3. The van der Waals surface area contributed by atoms with Crippen LogP contribution >= 0.6 is 0 Å². The molecule has 0 aromatic heterocycles. The molecule has 1 N–H and O–H groups in total. The lowest BCUT2D eigenvalue weighted by Crippen LogP contribution is -2.49. The molecule has 2 aromatic rings. The monoisotopic (exact) mass is 467 g/mol. The lowest BCUT2D eigenvalue weighted by molar-refractivity contribution is -0.143. The van der Waals surface area contributed by atoms with Crippen molar-refractivity contribution in [1.29, 1.82) is 0 Å². The number of hydrogen-bond donors (Lipinski definition) is 1. The van der Waals surface area contributed by atoms with E-state index in [1.807, 2.05) is 0 Å². The van der Waals surface area contributed by atoms with Crippen LogP contribution in [0.3, 0.4) is 0 Å². The van der Waals surface area contributed by atoms with E-state index in [-0.39, 0.29) is 61.5 Å². The number of hydrogen-bond acceptors (Lipinski definition) is 5. The predicted octanol–water partition coefficient (Wildman–Crippen LogP) is 2.37. The molecule has 0 aliphatic carbocycles. The van der Waals surface area contributed by atoms with Crippen LogP contribution in [0.4, 0.5) is 0 Å². The van der Waals surface area contributed by atoms with Gasteiger partial charge in [0, 0.05) is 29.9 Å². The summed E-state index contributed by atoms with van der Waals surface area (Å²) in [5.41, 5.74) is 0.524. The maximum absolute atomic E-state index is 13.2. The quantitative estimate of drug-likeness (QED) is 0.705. The van der Waals surface area contributed by atoms with Gasteiger partial charge in [-0.1, -0.05) is 36.8 Å². The number of allylic oxidation sites excluding steroid dienone is 1. The van der Waals surface area contributed by atoms with Crippen molar-refractivity contribution in [2.24, 2.45) is 0 Å². The van der Waals surface area contributed by atoms with Gasteiger partial charge in [-0.2, -0.15) is 0 Å². The number of rotatable bonds is 6. The third kappa shape index (κ3) is 4.41. The molecular weight excluding hydrogens is 434 g/mol. The second kappa shape index (κ2) is 9.30. The van der Waals surface area contributed by atoms with E-state index in [4.69, 9.17) is 17.7 Å². The summed E-state index contributed by atoms with van der Waals surface area (Å²) >= 11 is 0. The van der Waals surface area contributed by atoms with Crippen molar-refractivity contribution >= 4 is 17.7 Å². The minimum atomic E-state index is -2.82. The summed E-state index contributed by atoms with van der Waals surface area (Å²) in [4.78, 5) is 40.6. The number of fused-ring (bicyclic) bond motifs is 1. The van der Waals surface area contributed by atoms with Crippen LogP contribution in [0.15, 0.2) is 54.6 Å². The fourth-order valence-corrected chi connectivity index (χ4v) is 4.22. The topological polar surface area (TPSA) is 88.2 Å². The van der Waals surface area contributed by atoms with Crippen molar-refractivity contribution in [3.05, 3.63) is 76.9 Å². The third-order valence-corrected chi connectivity index (χ3v) is 6.02. The Labute approximate surface area is 206 Å². The average molecular weight is 468 g/mol. The van der Waals surface area contributed by atoms with Crippen molar-refractivity contribution in [1.82, 2.24) is 15.1 Å². The lowest BCUT2D eigenvalue weighted by atomic mass is 10.0. The van der Waals surface area contributed by atoms with Crippen LogP contribution in [0, 0.1) is 0 Å². The van der Waals surface area contributed by atoms with Crippen LogP contribution in [-0.4, -0.2) is 53.3 Å². The lowest BCUT2D eigenvalue weighted by Gasteiger charge is -2.31. The largest absolute Gasteiger partial charge is 0.489 e. The van der Waals surface area contributed by atoms with E-state index in [2.05, 4.69) is 11.9 Å². The molecule has 5 rings (SSSR count). The second-order valence-corrected chi connectivity index (χ2v) is 8.29. The van der Waals surface area contributed by atoms with Gasteiger partial charge in [0.25, 0.3) is 5.91 Å². The highest BCUT2D eigenvalue weighted by molar-refractivity contribution is 6.02. The van der Waals surface area contributed by atoms with Crippen LogP contribution in [0.2, 0.25) is 0 Å². The summed E-state index contributed by atoms with van der Waals surface area (Å²) in [5, 5.41) is 2.66. The van der Waals surface area contributed by atoms with Gasteiger partial charge in [-0.15, -0.1) is 0 Å². The van der Waals surface area contributed by atoms with Gasteiger partial charge in [0.1, 0.15) is 25.0 Å². The Morgan fingerprint density at radius 1 is 1.21 bits per heavy atom. The van der Waals surface area contributed by atoms with E-state index in [1.165, 1.54) is 21.9 Å². The average Bonchev–Trinajstić information content (AvgIpc) is 3.23. The smallest absolute Gasteiger partial charge is 0.255 e. The SMILES string of the molecule is [2H]c1c([2H])c(C([2H])([2H])Oc2cccc3c2CN(C2CCC(=C)NC2=O)C3=O)c([2H])c([2H])c1CN1CCOCC1=O. The maximum Gasteiger partial charge on any atom is 0.255 e. The van der Waals surface area contributed by atoms with Crippen LogP contribution in [0.5, 0.6) is 5.75 Å². The van der Waals surface area contributed by atoms with Gasteiger partial charge in [-0.25, -0.2) is 0 Å². The van der Waals surface area contributed by atoms with Gasteiger partial charge >= 0.3 is 0 Å². The Hall–Kier alpha value is -3.65. The molecule has 1 unspecified atom stereocenters. The molecular formula is C26H27N3O5. The number of carbonyl (C=O) groups excluding carboxylic acids is 3.